The fourth-order valence-corrected chi connectivity index (χ4v) is 5.06. The Morgan fingerprint density at radius 1 is 1.18 bits per heavy atom. The Morgan fingerprint density at radius 2 is 2.04 bits per heavy atom. The molecule has 0 amide bonds. The van der Waals surface area contributed by atoms with Gasteiger partial charge in [0.25, 0.3) is 0 Å². The number of rotatable bonds is 6. The number of carbonyl (C=O) groups is 1. The summed E-state index contributed by atoms with van der Waals surface area (Å²) in [6.07, 6.45) is 2.81. The lowest BCUT2D eigenvalue weighted by Crippen LogP contribution is -2.31. The minimum atomic E-state index is -1.12. The summed E-state index contributed by atoms with van der Waals surface area (Å²) in [4.78, 5) is 18.1. The molecule has 0 bridgehead atoms. The summed E-state index contributed by atoms with van der Waals surface area (Å²) >= 11 is -1.12. The van der Waals surface area contributed by atoms with E-state index >= 15 is 0 Å². The highest BCUT2D eigenvalue weighted by molar-refractivity contribution is 7.91. The number of para-hydroxylation sites is 1. The lowest BCUT2D eigenvalue weighted by molar-refractivity contribution is 0.0916. The Kier molecular flexibility index (Phi) is 5.64. The zero-order valence-electron chi connectivity index (χ0n) is 15.9. The van der Waals surface area contributed by atoms with Gasteiger partial charge < -0.3 is 9.29 Å². The minimum Gasteiger partial charge on any atom is -0.611 e. The van der Waals surface area contributed by atoms with Crippen molar-refractivity contribution in [3.8, 4) is 5.75 Å². The molecule has 0 unspecified atom stereocenters. The van der Waals surface area contributed by atoms with E-state index in [1.807, 2.05) is 36.4 Å². The first-order valence-corrected chi connectivity index (χ1v) is 11.0. The Balaban J connectivity index is 1.51. The molecule has 0 aliphatic carbocycles. The molecule has 0 saturated heterocycles. The predicted molar refractivity (Wildman–Crippen MR) is 111 cm³/mol. The molecule has 2 atom stereocenters. The second-order valence-electron chi connectivity index (χ2n) is 7.16. The van der Waals surface area contributed by atoms with Gasteiger partial charge in [-0.1, -0.05) is 44.0 Å². The van der Waals surface area contributed by atoms with Gasteiger partial charge in [-0.15, -0.1) is 0 Å². The van der Waals surface area contributed by atoms with Crippen LogP contribution in [0.1, 0.15) is 42.2 Å². The number of benzene rings is 2. The van der Waals surface area contributed by atoms with E-state index in [1.165, 1.54) is 0 Å². The number of hydrogen-bond donors (Lipinski definition) is 0. The number of ether oxygens (including phenoxy) is 1. The standard InChI is InChI=1S/C23H23NO3S/c1-2-3-6-17-15-28(26)22-12-11-19(13-20(22)23(17)25)27-14-18-10-9-16-7-4-5-8-21(16)24-18/h4-5,7-13,17H,2-3,6,14-15H2,1H3/t17-,28-/m0/s1. The van der Waals surface area contributed by atoms with E-state index in [9.17, 15) is 9.35 Å². The molecule has 5 heteroatoms. The van der Waals surface area contributed by atoms with Gasteiger partial charge in [0.2, 0.25) is 0 Å². The highest BCUT2D eigenvalue weighted by Gasteiger charge is 2.36. The number of Topliss-reactive ketones (excluding diaryl/α,β-unsaturated/α-hetero) is 1. The van der Waals surface area contributed by atoms with Crippen molar-refractivity contribution in [2.75, 3.05) is 5.75 Å². The quantitative estimate of drug-likeness (QED) is 0.558. The second-order valence-corrected chi connectivity index (χ2v) is 8.62. The number of unbranched alkanes of at least 4 members (excludes halogenated alkanes) is 1. The molecule has 0 N–H and O–H groups in total. The monoisotopic (exact) mass is 393 g/mol. The minimum absolute atomic E-state index is 0.0948. The van der Waals surface area contributed by atoms with Gasteiger partial charge >= 0.3 is 0 Å². The zero-order valence-corrected chi connectivity index (χ0v) is 16.7. The van der Waals surface area contributed by atoms with Gasteiger partial charge in [-0.2, -0.15) is 0 Å². The Labute approximate surface area is 168 Å². The van der Waals surface area contributed by atoms with E-state index in [4.69, 9.17) is 4.74 Å². The van der Waals surface area contributed by atoms with E-state index in [0.29, 0.717) is 28.6 Å². The molecule has 28 heavy (non-hydrogen) atoms. The number of carbonyl (C=O) groups excluding carboxylic acids is 1. The molecule has 3 aromatic rings. The summed E-state index contributed by atoms with van der Waals surface area (Å²) in [6.45, 7) is 2.42. The Hall–Kier alpha value is -2.37. The third-order valence-electron chi connectivity index (χ3n) is 5.13. The molecule has 0 saturated carbocycles. The lowest BCUT2D eigenvalue weighted by atomic mass is 9.93. The zero-order chi connectivity index (χ0) is 19.5. The summed E-state index contributed by atoms with van der Waals surface area (Å²) in [6, 6.07) is 17.2. The largest absolute Gasteiger partial charge is 0.611 e. The Morgan fingerprint density at radius 3 is 2.89 bits per heavy atom. The van der Waals surface area contributed by atoms with E-state index < -0.39 is 11.2 Å². The van der Waals surface area contributed by atoms with E-state index in [2.05, 4.69) is 11.9 Å². The molecule has 0 spiro atoms. The third kappa shape index (κ3) is 3.91. The molecular formula is C23H23NO3S. The summed E-state index contributed by atoms with van der Waals surface area (Å²) < 4.78 is 18.4. The molecule has 0 fully saturated rings. The van der Waals surface area contributed by atoms with Crippen LogP contribution in [0.3, 0.4) is 0 Å². The topological polar surface area (TPSA) is 62.2 Å². The smallest absolute Gasteiger partial charge is 0.175 e. The van der Waals surface area contributed by atoms with Crippen molar-refractivity contribution < 1.29 is 14.1 Å². The number of pyridine rings is 1. The van der Waals surface area contributed by atoms with Crippen molar-refractivity contribution in [2.45, 2.75) is 37.7 Å². The summed E-state index contributed by atoms with van der Waals surface area (Å²) in [5.74, 6) is 0.991. The van der Waals surface area contributed by atoms with Crippen molar-refractivity contribution in [1.82, 2.24) is 4.98 Å². The van der Waals surface area contributed by atoms with E-state index in [0.717, 1.165) is 35.9 Å². The molecule has 4 nitrogen and oxygen atoms in total. The SMILES string of the molecule is CCCC[C@H]1C[S@+]([O-])c2ccc(OCc3ccc4ccccc4n3)cc2C1=O. The number of nitrogens with zero attached hydrogens (tertiary/aromatic N) is 1. The maximum atomic E-state index is 12.8. The third-order valence-corrected chi connectivity index (χ3v) is 6.69. The normalized spacial score (nSPS) is 18.9. The predicted octanol–water partition coefficient (Wildman–Crippen LogP) is 4.92. The van der Waals surface area contributed by atoms with Crippen molar-refractivity contribution in [1.29, 1.82) is 0 Å². The first kappa shape index (κ1) is 19.0. The van der Waals surface area contributed by atoms with Gasteiger partial charge in [-0.25, -0.2) is 4.98 Å². The summed E-state index contributed by atoms with van der Waals surface area (Å²) in [5, 5.41) is 1.09. The average Bonchev–Trinajstić information content (AvgIpc) is 2.73. The Bertz CT molecular complexity index is 1000. The fraction of sp³-hybridized carbons (Fsp3) is 0.304. The number of hydrogen-bond acceptors (Lipinski definition) is 4. The van der Waals surface area contributed by atoms with Crippen molar-refractivity contribution in [3.05, 3.63) is 65.9 Å². The van der Waals surface area contributed by atoms with Crippen molar-refractivity contribution in [3.63, 3.8) is 0 Å². The van der Waals surface area contributed by atoms with Crippen LogP contribution in [0.15, 0.2) is 59.5 Å². The van der Waals surface area contributed by atoms with Gasteiger partial charge in [0.05, 0.1) is 22.7 Å². The molecule has 1 aromatic heterocycles. The van der Waals surface area contributed by atoms with Crippen LogP contribution in [0.25, 0.3) is 10.9 Å². The van der Waals surface area contributed by atoms with Gasteiger partial charge in [-0.05, 0) is 47.9 Å². The maximum Gasteiger partial charge on any atom is 0.175 e. The van der Waals surface area contributed by atoms with Crippen LogP contribution in [0.5, 0.6) is 5.75 Å². The molecule has 2 heterocycles. The van der Waals surface area contributed by atoms with Gasteiger partial charge in [-0.3, -0.25) is 4.79 Å². The fourth-order valence-electron chi connectivity index (χ4n) is 3.57. The van der Waals surface area contributed by atoms with Crippen LogP contribution >= 0.6 is 0 Å². The maximum absolute atomic E-state index is 12.8. The summed E-state index contributed by atoms with van der Waals surface area (Å²) in [7, 11) is 0. The molecule has 0 radical (unpaired) electrons. The highest BCUT2D eigenvalue weighted by atomic mass is 32.2. The molecule has 4 rings (SSSR count). The van der Waals surface area contributed by atoms with Gasteiger partial charge in [0.15, 0.2) is 10.7 Å². The lowest BCUT2D eigenvalue weighted by Gasteiger charge is -2.25. The van der Waals surface area contributed by atoms with Crippen LogP contribution in [0, 0.1) is 5.92 Å². The highest BCUT2D eigenvalue weighted by Crippen LogP contribution is 2.33. The van der Waals surface area contributed by atoms with E-state index in [-0.39, 0.29) is 11.7 Å². The van der Waals surface area contributed by atoms with E-state index in [1.54, 1.807) is 18.2 Å². The van der Waals surface area contributed by atoms with Gasteiger partial charge in [0, 0.05) is 5.39 Å². The average molecular weight is 394 g/mol. The van der Waals surface area contributed by atoms with Crippen LogP contribution in [0.2, 0.25) is 0 Å². The molecular weight excluding hydrogens is 370 g/mol. The number of ketones is 1. The van der Waals surface area contributed by atoms with Crippen LogP contribution < -0.4 is 4.74 Å². The number of fused-ring (bicyclic) bond motifs is 2. The van der Waals surface area contributed by atoms with Crippen molar-refractivity contribution in [2.24, 2.45) is 5.92 Å². The second kappa shape index (κ2) is 8.33. The first-order valence-electron chi connectivity index (χ1n) is 9.70. The first-order chi connectivity index (χ1) is 13.7. The van der Waals surface area contributed by atoms with Crippen molar-refractivity contribution >= 4 is 27.9 Å². The molecule has 1 aliphatic heterocycles. The van der Waals surface area contributed by atoms with Crippen LogP contribution in [-0.2, 0) is 17.8 Å². The molecule has 1 aliphatic rings. The number of aromatic nitrogens is 1. The van der Waals surface area contributed by atoms with Crippen LogP contribution in [0.4, 0.5) is 0 Å². The molecule has 144 valence electrons. The van der Waals surface area contributed by atoms with Gasteiger partial charge in [0.1, 0.15) is 18.1 Å². The summed E-state index contributed by atoms with van der Waals surface area (Å²) in [5.41, 5.74) is 2.31. The molecule has 2 aromatic carbocycles. The van der Waals surface area contributed by atoms with Crippen LogP contribution in [-0.4, -0.2) is 21.1 Å².